The van der Waals surface area contributed by atoms with Gasteiger partial charge in [-0.3, -0.25) is 0 Å². The van der Waals surface area contributed by atoms with E-state index < -0.39 is 6.10 Å². The Hall–Kier alpha value is -2.84. The van der Waals surface area contributed by atoms with Crippen molar-refractivity contribution >= 4 is 11.7 Å². The molecule has 2 heterocycles. The van der Waals surface area contributed by atoms with Gasteiger partial charge in [0.05, 0.1) is 6.10 Å². The van der Waals surface area contributed by atoms with Crippen LogP contribution in [0.4, 0.5) is 14.9 Å². The molecule has 2 aliphatic rings. The van der Waals surface area contributed by atoms with Gasteiger partial charge < -0.3 is 30.1 Å². The Labute approximate surface area is 168 Å². The quantitative estimate of drug-likeness (QED) is 0.718. The number of carbonyl (C=O) groups is 1. The van der Waals surface area contributed by atoms with Crippen molar-refractivity contribution in [3.63, 3.8) is 0 Å². The van der Waals surface area contributed by atoms with E-state index in [1.54, 1.807) is 0 Å². The summed E-state index contributed by atoms with van der Waals surface area (Å²) in [6.45, 7) is 2.30. The highest BCUT2D eigenvalue weighted by molar-refractivity contribution is 5.89. The Morgan fingerprint density at radius 2 is 1.86 bits per heavy atom. The molecule has 4 rings (SSSR count). The van der Waals surface area contributed by atoms with E-state index in [2.05, 4.69) is 15.5 Å². The van der Waals surface area contributed by atoms with Crippen LogP contribution in [0.15, 0.2) is 42.5 Å². The van der Waals surface area contributed by atoms with E-state index in [0.717, 1.165) is 31.5 Å². The van der Waals surface area contributed by atoms with Gasteiger partial charge in [-0.1, -0.05) is 6.07 Å². The third kappa shape index (κ3) is 4.96. The predicted molar refractivity (Wildman–Crippen MR) is 106 cm³/mol. The van der Waals surface area contributed by atoms with Gasteiger partial charge in [-0.2, -0.15) is 0 Å². The second-order valence-electron chi connectivity index (χ2n) is 7.31. The highest BCUT2D eigenvalue weighted by Crippen LogP contribution is 2.34. The van der Waals surface area contributed by atoms with Gasteiger partial charge in [-0.05, 0) is 54.8 Å². The Morgan fingerprint density at radius 3 is 2.62 bits per heavy atom. The molecule has 7 nitrogen and oxygen atoms in total. The van der Waals surface area contributed by atoms with Crippen molar-refractivity contribution in [2.45, 2.75) is 25.0 Å². The smallest absolute Gasteiger partial charge is 0.319 e. The Balaban J connectivity index is 1.22. The number of halogens is 1. The molecule has 3 N–H and O–H groups in total. The van der Waals surface area contributed by atoms with Crippen molar-refractivity contribution in [1.82, 2.24) is 10.2 Å². The first-order chi connectivity index (χ1) is 14.1. The molecule has 2 amide bonds. The molecule has 2 aromatic carbocycles. The van der Waals surface area contributed by atoms with Crippen LogP contribution in [0.2, 0.25) is 0 Å². The lowest BCUT2D eigenvalue weighted by molar-refractivity contribution is 0.0950. The van der Waals surface area contributed by atoms with Crippen molar-refractivity contribution in [2.75, 3.05) is 31.7 Å². The first-order valence-electron chi connectivity index (χ1n) is 9.70. The molecule has 1 unspecified atom stereocenters. The number of urea groups is 1. The fraction of sp³-hybridized carbons (Fsp3) is 0.381. The maximum atomic E-state index is 12.9. The van der Waals surface area contributed by atoms with Crippen LogP contribution in [0, 0.1) is 5.82 Å². The zero-order valence-electron chi connectivity index (χ0n) is 15.9. The van der Waals surface area contributed by atoms with Crippen LogP contribution < -0.4 is 20.1 Å². The van der Waals surface area contributed by atoms with Crippen molar-refractivity contribution in [3.05, 3.63) is 53.8 Å². The minimum absolute atomic E-state index is 0.0642. The standard InChI is InChI=1S/C21H24FN3O4/c22-15-2-4-16(5-3-15)23-21(27)24-17-7-9-25(10-8-17)12-18(26)14-1-6-19-20(11-14)29-13-28-19/h1-6,11,17-18,26H,7-10,12-13H2,(H2,23,24,27). The summed E-state index contributed by atoms with van der Waals surface area (Å²) in [5.41, 5.74) is 1.35. The molecule has 1 saturated heterocycles. The van der Waals surface area contributed by atoms with Gasteiger partial charge in [0.1, 0.15) is 5.82 Å². The molecule has 2 aliphatic heterocycles. The molecule has 0 radical (unpaired) electrons. The number of nitrogens with zero attached hydrogens (tertiary/aromatic N) is 1. The van der Waals surface area contributed by atoms with Crippen LogP contribution in [-0.2, 0) is 0 Å². The van der Waals surface area contributed by atoms with E-state index in [1.165, 1.54) is 24.3 Å². The number of anilines is 1. The Bertz CT molecular complexity index is 854. The molecule has 154 valence electrons. The van der Waals surface area contributed by atoms with Crippen molar-refractivity contribution in [1.29, 1.82) is 0 Å². The zero-order valence-corrected chi connectivity index (χ0v) is 15.9. The maximum absolute atomic E-state index is 12.9. The maximum Gasteiger partial charge on any atom is 0.319 e. The SMILES string of the molecule is O=C(Nc1ccc(F)cc1)NC1CCN(CC(O)c2ccc3c(c2)OCO3)CC1. The van der Waals surface area contributed by atoms with Crippen LogP contribution in [0.5, 0.6) is 11.5 Å². The van der Waals surface area contributed by atoms with Gasteiger partial charge in [-0.15, -0.1) is 0 Å². The molecule has 0 aliphatic carbocycles. The molecule has 8 heteroatoms. The van der Waals surface area contributed by atoms with Gasteiger partial charge in [-0.25, -0.2) is 9.18 Å². The van der Waals surface area contributed by atoms with Gasteiger partial charge in [0, 0.05) is 31.4 Å². The number of nitrogens with one attached hydrogen (secondary N) is 2. The summed E-state index contributed by atoms with van der Waals surface area (Å²) in [5, 5.41) is 16.2. The molecule has 29 heavy (non-hydrogen) atoms. The van der Waals surface area contributed by atoms with Crippen molar-refractivity contribution in [3.8, 4) is 11.5 Å². The second-order valence-corrected chi connectivity index (χ2v) is 7.31. The fourth-order valence-electron chi connectivity index (χ4n) is 3.62. The number of likely N-dealkylation sites (tertiary alicyclic amines) is 1. The average Bonchev–Trinajstić information content (AvgIpc) is 3.19. The van der Waals surface area contributed by atoms with E-state index in [4.69, 9.17) is 9.47 Å². The Kier molecular flexibility index (Phi) is 5.82. The van der Waals surface area contributed by atoms with E-state index >= 15 is 0 Å². The van der Waals surface area contributed by atoms with Crippen LogP contribution in [0.1, 0.15) is 24.5 Å². The number of carbonyl (C=O) groups excluding carboxylic acids is 1. The van der Waals surface area contributed by atoms with Gasteiger partial charge in [0.15, 0.2) is 11.5 Å². The fourth-order valence-corrected chi connectivity index (χ4v) is 3.62. The van der Waals surface area contributed by atoms with Crippen molar-refractivity contribution in [2.24, 2.45) is 0 Å². The van der Waals surface area contributed by atoms with Crippen LogP contribution in [0.25, 0.3) is 0 Å². The lowest BCUT2D eigenvalue weighted by atomic mass is 10.0. The van der Waals surface area contributed by atoms with E-state index in [9.17, 15) is 14.3 Å². The number of aliphatic hydroxyl groups excluding tert-OH is 1. The summed E-state index contributed by atoms with van der Waals surface area (Å²) in [5.74, 6) is 1.02. The number of fused-ring (bicyclic) bond motifs is 1. The normalized spacial score (nSPS) is 17.7. The Morgan fingerprint density at radius 1 is 1.14 bits per heavy atom. The van der Waals surface area contributed by atoms with E-state index in [-0.39, 0.29) is 24.7 Å². The van der Waals surface area contributed by atoms with Crippen molar-refractivity contribution < 1.29 is 23.8 Å². The lowest BCUT2D eigenvalue weighted by Crippen LogP contribution is -2.46. The number of ether oxygens (including phenoxy) is 2. The summed E-state index contributed by atoms with van der Waals surface area (Å²) < 4.78 is 23.6. The van der Waals surface area contributed by atoms with Crippen LogP contribution in [0.3, 0.4) is 0 Å². The largest absolute Gasteiger partial charge is 0.454 e. The van der Waals surface area contributed by atoms with Crippen LogP contribution >= 0.6 is 0 Å². The van der Waals surface area contributed by atoms with Gasteiger partial charge >= 0.3 is 6.03 Å². The molecule has 1 fully saturated rings. The molecule has 2 aromatic rings. The highest BCUT2D eigenvalue weighted by Gasteiger charge is 2.24. The molecule has 0 saturated carbocycles. The second kappa shape index (κ2) is 8.67. The third-order valence-electron chi connectivity index (χ3n) is 5.24. The molecular formula is C21H24FN3O4. The van der Waals surface area contributed by atoms with E-state index in [0.29, 0.717) is 23.7 Å². The summed E-state index contributed by atoms with van der Waals surface area (Å²) in [6.07, 6.45) is 0.978. The van der Waals surface area contributed by atoms with Crippen LogP contribution in [-0.4, -0.2) is 48.5 Å². The number of rotatable bonds is 5. The average molecular weight is 401 g/mol. The topological polar surface area (TPSA) is 83.1 Å². The highest BCUT2D eigenvalue weighted by atomic mass is 19.1. The zero-order chi connectivity index (χ0) is 20.2. The molecule has 0 bridgehead atoms. The first-order valence-corrected chi connectivity index (χ1v) is 9.70. The molecule has 0 spiro atoms. The summed E-state index contributed by atoms with van der Waals surface area (Å²) >= 11 is 0. The number of hydrogen-bond donors (Lipinski definition) is 3. The number of piperidine rings is 1. The number of benzene rings is 2. The minimum Gasteiger partial charge on any atom is -0.454 e. The number of hydrogen-bond acceptors (Lipinski definition) is 5. The predicted octanol–water partition coefficient (Wildman–Crippen LogP) is 2.87. The van der Waals surface area contributed by atoms with Gasteiger partial charge in [0.25, 0.3) is 0 Å². The summed E-state index contributed by atoms with van der Waals surface area (Å²) in [4.78, 5) is 14.3. The summed E-state index contributed by atoms with van der Waals surface area (Å²) in [6, 6.07) is 10.9. The molecular weight excluding hydrogens is 377 g/mol. The van der Waals surface area contributed by atoms with E-state index in [1.807, 2.05) is 18.2 Å². The van der Waals surface area contributed by atoms with Gasteiger partial charge in [0.2, 0.25) is 6.79 Å². The number of aliphatic hydroxyl groups is 1. The third-order valence-corrected chi connectivity index (χ3v) is 5.24. The number of β-amino-alcohol motifs (C(OH)–C–C–N with tert-alkyl or cyclic N) is 1. The first kappa shape index (κ1) is 19.5. The summed E-state index contributed by atoms with van der Waals surface area (Å²) in [7, 11) is 0. The lowest BCUT2D eigenvalue weighted by Gasteiger charge is -2.33. The minimum atomic E-state index is -0.615. The number of amides is 2. The molecule has 0 aromatic heterocycles. The monoisotopic (exact) mass is 401 g/mol. The molecule has 1 atom stereocenters.